The first-order valence-electron chi connectivity index (χ1n) is 7.65. The molecule has 2 atom stereocenters. The largest absolute Gasteiger partial charge is 0.368 e. The number of hydrogen-bond acceptors (Lipinski definition) is 3. The Morgan fingerprint density at radius 2 is 1.91 bits per heavy atom. The average Bonchev–Trinajstić information content (AvgIpc) is 2.64. The lowest BCUT2D eigenvalue weighted by Crippen LogP contribution is -2.46. The summed E-state index contributed by atoms with van der Waals surface area (Å²) in [7, 11) is 1.74. The van der Waals surface area contributed by atoms with Crippen molar-refractivity contribution in [3.63, 3.8) is 0 Å². The van der Waals surface area contributed by atoms with E-state index in [1.165, 1.54) is 0 Å². The fourth-order valence-corrected chi connectivity index (χ4v) is 3.29. The van der Waals surface area contributed by atoms with Crippen LogP contribution in [0.25, 0.3) is 0 Å². The van der Waals surface area contributed by atoms with Crippen LogP contribution in [0, 0.1) is 23.4 Å². The Hall–Kier alpha value is -1.60. The lowest BCUT2D eigenvalue weighted by Gasteiger charge is -2.37. The van der Waals surface area contributed by atoms with E-state index < -0.39 is 17.5 Å². The first-order chi connectivity index (χ1) is 10.9. The molecule has 1 aromatic carbocycles. The highest BCUT2D eigenvalue weighted by Gasteiger charge is 2.34. The number of ether oxygens (including phenoxy) is 1. The summed E-state index contributed by atoms with van der Waals surface area (Å²) in [6.45, 7) is 2.18. The zero-order valence-electron chi connectivity index (χ0n) is 12.9. The van der Waals surface area contributed by atoms with Gasteiger partial charge >= 0.3 is 0 Å². The van der Waals surface area contributed by atoms with E-state index >= 15 is 0 Å². The van der Waals surface area contributed by atoms with Gasteiger partial charge in [-0.1, -0.05) is 0 Å². The molecule has 3 rings (SSSR count). The van der Waals surface area contributed by atoms with Gasteiger partial charge in [0.15, 0.2) is 11.6 Å². The van der Waals surface area contributed by atoms with Gasteiger partial charge in [-0.2, -0.15) is 0 Å². The van der Waals surface area contributed by atoms with Gasteiger partial charge in [-0.15, -0.1) is 0 Å². The summed E-state index contributed by atoms with van der Waals surface area (Å²) in [6.07, 6.45) is 0.742. The number of likely N-dealkylation sites (N-methyl/N-ethyl adjacent to an activating group) is 1. The van der Waals surface area contributed by atoms with Crippen LogP contribution >= 0.6 is 0 Å². The monoisotopic (exact) mass is 328 g/mol. The Bertz CT molecular complexity index is 611. The number of fused-ring (bicyclic) bond motifs is 1. The Labute approximate surface area is 132 Å². The molecule has 2 fully saturated rings. The van der Waals surface area contributed by atoms with Crippen molar-refractivity contribution in [2.24, 2.45) is 5.92 Å². The highest BCUT2D eigenvalue weighted by Crippen LogP contribution is 2.25. The number of likely N-dealkylation sites (tertiary alicyclic amines) is 1. The molecule has 1 amide bonds. The predicted octanol–water partition coefficient (Wildman–Crippen LogP) is 1.78. The lowest BCUT2D eigenvalue weighted by atomic mass is 9.94. The second-order valence-corrected chi connectivity index (χ2v) is 6.27. The topological polar surface area (TPSA) is 32.8 Å². The van der Waals surface area contributed by atoms with E-state index in [1.807, 2.05) is 4.90 Å². The molecule has 0 spiro atoms. The number of halogens is 3. The van der Waals surface area contributed by atoms with Crippen molar-refractivity contribution in [2.75, 3.05) is 33.3 Å². The summed E-state index contributed by atoms with van der Waals surface area (Å²) in [6, 6.07) is 1.49. The van der Waals surface area contributed by atoms with E-state index in [1.54, 1.807) is 11.9 Å². The minimum atomic E-state index is -1.18. The summed E-state index contributed by atoms with van der Waals surface area (Å²) < 4.78 is 45.7. The van der Waals surface area contributed by atoms with Crippen LogP contribution in [0.15, 0.2) is 12.1 Å². The maximum atomic E-state index is 13.8. The predicted molar refractivity (Wildman–Crippen MR) is 77.1 cm³/mol. The zero-order valence-corrected chi connectivity index (χ0v) is 12.9. The number of benzene rings is 1. The van der Waals surface area contributed by atoms with Crippen LogP contribution in [0.5, 0.6) is 0 Å². The number of amides is 1. The molecule has 0 saturated carbocycles. The fourth-order valence-electron chi connectivity index (χ4n) is 3.29. The van der Waals surface area contributed by atoms with Crippen molar-refractivity contribution < 1.29 is 22.7 Å². The van der Waals surface area contributed by atoms with E-state index in [-0.39, 0.29) is 36.6 Å². The highest BCUT2D eigenvalue weighted by atomic mass is 19.2. The van der Waals surface area contributed by atoms with Gasteiger partial charge in [0.1, 0.15) is 12.4 Å². The molecule has 0 aromatic heterocycles. The van der Waals surface area contributed by atoms with Crippen LogP contribution in [0.2, 0.25) is 0 Å². The smallest absolute Gasteiger partial charge is 0.248 e. The average molecular weight is 328 g/mol. The SMILES string of the molecule is CN1C[C@H]2CN(Cc3cc(F)c(F)cc3F)CC[C@@H]2OCC1=O. The maximum absolute atomic E-state index is 13.8. The molecule has 0 unspecified atom stereocenters. The minimum absolute atomic E-state index is 0.00921. The third kappa shape index (κ3) is 3.50. The summed E-state index contributed by atoms with van der Waals surface area (Å²) >= 11 is 0. The lowest BCUT2D eigenvalue weighted by molar-refractivity contribution is -0.133. The normalized spacial score (nSPS) is 26.1. The molecule has 126 valence electrons. The van der Waals surface area contributed by atoms with Crippen LogP contribution in [0.1, 0.15) is 12.0 Å². The molecular formula is C16H19F3N2O2. The molecule has 4 nitrogen and oxygen atoms in total. The van der Waals surface area contributed by atoms with Crippen molar-refractivity contribution in [1.29, 1.82) is 0 Å². The molecule has 2 aliphatic rings. The summed E-state index contributed by atoms with van der Waals surface area (Å²) in [5, 5.41) is 0. The van der Waals surface area contributed by atoms with Gasteiger partial charge < -0.3 is 9.64 Å². The number of nitrogens with zero attached hydrogens (tertiary/aromatic N) is 2. The van der Waals surface area contributed by atoms with E-state index in [4.69, 9.17) is 4.74 Å². The molecule has 2 aliphatic heterocycles. The van der Waals surface area contributed by atoms with E-state index in [2.05, 4.69) is 0 Å². The number of hydrogen-bond donors (Lipinski definition) is 0. The van der Waals surface area contributed by atoms with Gasteiger partial charge in [0.05, 0.1) is 6.10 Å². The van der Waals surface area contributed by atoms with E-state index in [9.17, 15) is 18.0 Å². The second kappa shape index (κ2) is 6.49. The van der Waals surface area contributed by atoms with Crippen molar-refractivity contribution >= 4 is 5.91 Å². The summed E-state index contributed by atoms with van der Waals surface area (Å²) in [5.74, 6) is -2.87. The molecule has 7 heteroatoms. The van der Waals surface area contributed by atoms with Crippen LogP contribution in [0.4, 0.5) is 13.2 Å². The zero-order chi connectivity index (χ0) is 16.6. The number of piperidine rings is 1. The Morgan fingerprint density at radius 1 is 1.17 bits per heavy atom. The summed E-state index contributed by atoms with van der Waals surface area (Å²) in [5.41, 5.74) is 0.140. The van der Waals surface area contributed by atoms with E-state index in [0.29, 0.717) is 25.7 Å². The Morgan fingerprint density at radius 3 is 2.70 bits per heavy atom. The number of carbonyl (C=O) groups excluding carboxylic acids is 1. The molecular weight excluding hydrogens is 309 g/mol. The first kappa shape index (κ1) is 16.3. The number of carbonyl (C=O) groups is 1. The molecule has 0 radical (unpaired) electrons. The van der Waals surface area contributed by atoms with Crippen LogP contribution in [-0.4, -0.2) is 55.1 Å². The molecule has 2 saturated heterocycles. The van der Waals surface area contributed by atoms with Gasteiger partial charge in [0, 0.05) is 50.8 Å². The van der Waals surface area contributed by atoms with Crippen molar-refractivity contribution in [3.8, 4) is 0 Å². The van der Waals surface area contributed by atoms with Crippen LogP contribution in [0.3, 0.4) is 0 Å². The molecule has 0 N–H and O–H groups in total. The van der Waals surface area contributed by atoms with Gasteiger partial charge in [-0.05, 0) is 12.5 Å². The van der Waals surface area contributed by atoms with Crippen molar-refractivity contribution in [2.45, 2.75) is 19.1 Å². The molecule has 1 aromatic rings. The first-order valence-corrected chi connectivity index (χ1v) is 7.65. The Balaban J connectivity index is 1.69. The van der Waals surface area contributed by atoms with Crippen molar-refractivity contribution in [3.05, 3.63) is 35.1 Å². The molecule has 2 heterocycles. The van der Waals surface area contributed by atoms with Gasteiger partial charge in [0.2, 0.25) is 5.91 Å². The van der Waals surface area contributed by atoms with Crippen LogP contribution in [-0.2, 0) is 16.1 Å². The second-order valence-electron chi connectivity index (χ2n) is 6.27. The standard InChI is InChI=1S/C16H19F3N2O2/c1-20-6-11-8-21(3-2-15(11)23-9-16(20)22)7-10-4-13(18)14(19)5-12(10)17/h4-5,11,15H,2-3,6-9H2,1H3/t11-,15-/m0/s1. The molecule has 0 aliphatic carbocycles. The van der Waals surface area contributed by atoms with Gasteiger partial charge in [-0.3, -0.25) is 9.69 Å². The summed E-state index contributed by atoms with van der Waals surface area (Å²) in [4.78, 5) is 15.3. The molecule has 23 heavy (non-hydrogen) atoms. The Kier molecular flexibility index (Phi) is 4.59. The fraction of sp³-hybridized carbons (Fsp3) is 0.562. The highest BCUT2D eigenvalue weighted by molar-refractivity contribution is 5.77. The van der Waals surface area contributed by atoms with E-state index in [0.717, 1.165) is 12.5 Å². The van der Waals surface area contributed by atoms with Crippen LogP contribution < -0.4 is 0 Å². The van der Waals surface area contributed by atoms with Gasteiger partial charge in [-0.25, -0.2) is 13.2 Å². The van der Waals surface area contributed by atoms with Gasteiger partial charge in [0.25, 0.3) is 0 Å². The third-order valence-electron chi connectivity index (χ3n) is 4.59. The molecule has 0 bridgehead atoms. The van der Waals surface area contributed by atoms with Crippen molar-refractivity contribution in [1.82, 2.24) is 9.80 Å². The minimum Gasteiger partial charge on any atom is -0.368 e. The maximum Gasteiger partial charge on any atom is 0.248 e. The quantitative estimate of drug-likeness (QED) is 0.776. The number of rotatable bonds is 2. The third-order valence-corrected chi connectivity index (χ3v) is 4.59.